The third-order valence-electron chi connectivity index (χ3n) is 2.10. The molecule has 2 N–H and O–H groups in total. The van der Waals surface area contributed by atoms with E-state index in [1.54, 1.807) is 12.1 Å². The molecule has 0 aliphatic heterocycles. The number of aromatic nitrogens is 2. The molecule has 2 aromatic rings. The molecule has 1 aromatic heterocycles. The summed E-state index contributed by atoms with van der Waals surface area (Å²) in [5, 5.41) is 4.63. The van der Waals surface area contributed by atoms with E-state index in [9.17, 15) is 0 Å². The van der Waals surface area contributed by atoms with E-state index in [0.29, 0.717) is 33.1 Å². The molecule has 0 saturated carbocycles. The maximum Gasteiger partial charge on any atom is 0.240 e. The van der Waals surface area contributed by atoms with Crippen LogP contribution in [0.15, 0.2) is 16.7 Å². The second kappa shape index (κ2) is 4.91. The van der Waals surface area contributed by atoms with Gasteiger partial charge < -0.3 is 15.0 Å². The zero-order valence-electron chi connectivity index (χ0n) is 8.91. The highest BCUT2D eigenvalue weighted by atomic mass is 35.5. The predicted octanol–water partition coefficient (Wildman–Crippen LogP) is 2.51. The Bertz CT molecular complexity index is 542. The molecule has 7 heteroatoms. The quantitative estimate of drug-likeness (QED) is 0.930. The predicted molar refractivity (Wildman–Crippen MR) is 64.2 cm³/mol. The Balaban J connectivity index is 2.57. The van der Waals surface area contributed by atoms with Gasteiger partial charge in [-0.15, -0.1) is 0 Å². The largest absolute Gasteiger partial charge is 0.494 e. The van der Waals surface area contributed by atoms with Crippen molar-refractivity contribution in [2.75, 3.05) is 7.11 Å². The van der Waals surface area contributed by atoms with Crippen LogP contribution in [0.2, 0.25) is 10.0 Å². The topological polar surface area (TPSA) is 74.2 Å². The van der Waals surface area contributed by atoms with Gasteiger partial charge in [0.15, 0.2) is 0 Å². The van der Waals surface area contributed by atoms with Gasteiger partial charge in [-0.3, -0.25) is 0 Å². The normalized spacial score (nSPS) is 10.6. The molecule has 0 aliphatic carbocycles. The summed E-state index contributed by atoms with van der Waals surface area (Å²) in [6.45, 7) is 0.170. The summed E-state index contributed by atoms with van der Waals surface area (Å²) in [6.07, 6.45) is 0. The van der Waals surface area contributed by atoms with E-state index in [2.05, 4.69) is 10.1 Å². The van der Waals surface area contributed by atoms with Crippen LogP contribution in [0.3, 0.4) is 0 Å². The van der Waals surface area contributed by atoms with Crippen LogP contribution >= 0.6 is 23.2 Å². The summed E-state index contributed by atoms with van der Waals surface area (Å²) in [6, 6.07) is 3.23. The third kappa shape index (κ3) is 2.36. The van der Waals surface area contributed by atoms with E-state index in [4.69, 9.17) is 38.2 Å². The first kappa shape index (κ1) is 12.2. The average Bonchev–Trinajstić information content (AvgIpc) is 2.76. The minimum absolute atomic E-state index is 0.170. The van der Waals surface area contributed by atoms with E-state index in [1.165, 1.54) is 7.11 Å². The number of hydrogen-bond acceptors (Lipinski definition) is 5. The van der Waals surface area contributed by atoms with E-state index in [0.717, 1.165) is 0 Å². The molecule has 0 atom stereocenters. The number of rotatable bonds is 3. The van der Waals surface area contributed by atoms with Gasteiger partial charge in [0, 0.05) is 5.02 Å². The molecule has 0 bridgehead atoms. The fourth-order valence-corrected chi connectivity index (χ4v) is 1.95. The molecule has 1 heterocycles. The summed E-state index contributed by atoms with van der Waals surface area (Å²) >= 11 is 11.9. The summed E-state index contributed by atoms with van der Waals surface area (Å²) < 4.78 is 10.1. The van der Waals surface area contributed by atoms with E-state index in [-0.39, 0.29) is 6.54 Å². The van der Waals surface area contributed by atoms with Crippen LogP contribution < -0.4 is 10.5 Å². The number of halogens is 2. The minimum atomic E-state index is 0.170. The van der Waals surface area contributed by atoms with Gasteiger partial charge >= 0.3 is 0 Å². The number of methoxy groups -OCH3 is 1. The van der Waals surface area contributed by atoms with Crippen molar-refractivity contribution in [3.63, 3.8) is 0 Å². The van der Waals surface area contributed by atoms with Gasteiger partial charge in [-0.05, 0) is 12.1 Å². The Morgan fingerprint density at radius 2 is 2.18 bits per heavy atom. The van der Waals surface area contributed by atoms with Crippen molar-refractivity contribution in [3.8, 4) is 17.1 Å². The van der Waals surface area contributed by atoms with Crippen molar-refractivity contribution in [2.45, 2.75) is 6.54 Å². The van der Waals surface area contributed by atoms with Gasteiger partial charge in [-0.1, -0.05) is 28.4 Å². The molecular weight excluding hydrogens is 265 g/mol. The minimum Gasteiger partial charge on any atom is -0.494 e. The van der Waals surface area contributed by atoms with Crippen molar-refractivity contribution in [1.82, 2.24) is 10.1 Å². The first-order valence-electron chi connectivity index (χ1n) is 4.71. The van der Waals surface area contributed by atoms with E-state index < -0.39 is 0 Å². The fraction of sp³-hybridized carbons (Fsp3) is 0.200. The molecular formula is C10H9Cl2N3O2. The Morgan fingerprint density at radius 1 is 1.41 bits per heavy atom. The van der Waals surface area contributed by atoms with Crippen LogP contribution in [0.25, 0.3) is 11.4 Å². The Morgan fingerprint density at radius 3 is 2.76 bits per heavy atom. The van der Waals surface area contributed by atoms with Crippen LogP contribution in [-0.4, -0.2) is 17.3 Å². The summed E-state index contributed by atoms with van der Waals surface area (Å²) in [4.78, 5) is 4.09. The van der Waals surface area contributed by atoms with Crippen LogP contribution in [0.4, 0.5) is 0 Å². The number of nitrogens with two attached hydrogens (primary N) is 1. The van der Waals surface area contributed by atoms with Crippen molar-refractivity contribution in [2.24, 2.45) is 5.73 Å². The number of hydrogen-bond donors (Lipinski definition) is 1. The molecule has 0 unspecified atom stereocenters. The third-order valence-corrected chi connectivity index (χ3v) is 2.60. The van der Waals surface area contributed by atoms with Crippen molar-refractivity contribution >= 4 is 23.2 Å². The summed E-state index contributed by atoms with van der Waals surface area (Å²) in [7, 11) is 1.50. The van der Waals surface area contributed by atoms with Gasteiger partial charge in [-0.25, -0.2) is 0 Å². The average molecular weight is 274 g/mol. The molecule has 5 nitrogen and oxygen atoms in total. The molecule has 0 aliphatic rings. The Kier molecular flexibility index (Phi) is 3.51. The standard InChI is InChI=1S/C10H9Cl2N3O2/c1-16-9-6(2-5(11)3-7(9)12)10-14-8(4-13)17-15-10/h2-3H,4,13H2,1H3. The van der Waals surface area contributed by atoms with E-state index >= 15 is 0 Å². The fourth-order valence-electron chi connectivity index (χ4n) is 1.38. The lowest BCUT2D eigenvalue weighted by Gasteiger charge is -2.07. The van der Waals surface area contributed by atoms with Crippen molar-refractivity contribution in [1.29, 1.82) is 0 Å². The molecule has 90 valence electrons. The zero-order chi connectivity index (χ0) is 12.4. The first-order chi connectivity index (χ1) is 8.15. The lowest BCUT2D eigenvalue weighted by Crippen LogP contribution is -1.96. The van der Waals surface area contributed by atoms with Gasteiger partial charge in [-0.2, -0.15) is 4.98 Å². The maximum atomic E-state index is 6.01. The van der Waals surface area contributed by atoms with E-state index in [1.807, 2.05) is 0 Å². The Hall–Kier alpha value is -1.30. The van der Waals surface area contributed by atoms with Crippen LogP contribution in [0, 0.1) is 0 Å². The molecule has 1 aromatic carbocycles. The van der Waals surface area contributed by atoms with Crippen LogP contribution in [0.5, 0.6) is 5.75 Å². The smallest absolute Gasteiger partial charge is 0.240 e. The second-order valence-corrected chi connectivity index (χ2v) is 4.03. The molecule has 0 amide bonds. The van der Waals surface area contributed by atoms with Gasteiger partial charge in [0.2, 0.25) is 11.7 Å². The molecule has 0 radical (unpaired) electrons. The van der Waals surface area contributed by atoms with Crippen LogP contribution in [-0.2, 0) is 6.54 Å². The van der Waals surface area contributed by atoms with Gasteiger partial charge in [0.05, 0.1) is 24.2 Å². The summed E-state index contributed by atoms with van der Waals surface area (Å²) in [5.74, 6) is 1.12. The SMILES string of the molecule is COc1c(Cl)cc(Cl)cc1-c1noc(CN)n1. The zero-order valence-corrected chi connectivity index (χ0v) is 10.4. The van der Waals surface area contributed by atoms with Crippen LogP contribution in [0.1, 0.15) is 5.89 Å². The molecule has 2 rings (SSSR count). The van der Waals surface area contributed by atoms with Crippen molar-refractivity contribution in [3.05, 3.63) is 28.1 Å². The summed E-state index contributed by atoms with van der Waals surface area (Å²) in [5.41, 5.74) is 5.96. The molecule has 17 heavy (non-hydrogen) atoms. The highest BCUT2D eigenvalue weighted by Crippen LogP contribution is 2.37. The number of nitrogens with zero attached hydrogens (tertiary/aromatic N) is 2. The molecule has 0 fully saturated rings. The number of ether oxygens (including phenoxy) is 1. The molecule has 0 saturated heterocycles. The number of benzene rings is 1. The first-order valence-corrected chi connectivity index (χ1v) is 5.47. The van der Waals surface area contributed by atoms with Gasteiger partial charge in [0.1, 0.15) is 5.75 Å². The lowest BCUT2D eigenvalue weighted by atomic mass is 10.2. The highest BCUT2D eigenvalue weighted by Gasteiger charge is 2.16. The highest BCUT2D eigenvalue weighted by molar-refractivity contribution is 6.36. The molecule has 0 spiro atoms. The monoisotopic (exact) mass is 273 g/mol. The second-order valence-electron chi connectivity index (χ2n) is 3.18. The maximum absolute atomic E-state index is 6.01. The van der Waals surface area contributed by atoms with Crippen molar-refractivity contribution < 1.29 is 9.26 Å². The van der Waals surface area contributed by atoms with Gasteiger partial charge in [0.25, 0.3) is 0 Å². The Labute approximate surface area is 107 Å². The lowest BCUT2D eigenvalue weighted by molar-refractivity contribution is 0.380.